The highest BCUT2D eigenvalue weighted by atomic mass is 79.9. The van der Waals surface area contributed by atoms with E-state index in [-0.39, 0.29) is 23.3 Å². The van der Waals surface area contributed by atoms with Gasteiger partial charge in [-0.3, -0.25) is 4.79 Å². The molecule has 0 fully saturated rings. The molecular formula is C19H20BrNO4. The highest BCUT2D eigenvalue weighted by Crippen LogP contribution is 2.22. The normalized spacial score (nSPS) is 11.6. The molecule has 1 atom stereocenters. The van der Waals surface area contributed by atoms with Crippen molar-refractivity contribution in [2.24, 2.45) is 0 Å². The van der Waals surface area contributed by atoms with Gasteiger partial charge < -0.3 is 15.2 Å². The van der Waals surface area contributed by atoms with Crippen molar-refractivity contribution in [1.29, 1.82) is 0 Å². The standard InChI is InChI=1S/C19H20BrNO4/c1-2-6-16(13-7-4-3-5-8-13)21-18(23)12-25-19(24)15-11-14(20)9-10-17(15)22/h3-5,7-11,16,22H,2,6,12H2,1H3,(H,21,23)/t16-/m0/s1. The summed E-state index contributed by atoms with van der Waals surface area (Å²) in [4.78, 5) is 24.1. The van der Waals surface area contributed by atoms with Crippen molar-refractivity contribution < 1.29 is 19.4 Å². The Bertz CT molecular complexity index is 733. The van der Waals surface area contributed by atoms with E-state index in [1.54, 1.807) is 6.07 Å². The van der Waals surface area contributed by atoms with Crippen LogP contribution in [0.1, 0.15) is 41.7 Å². The Labute approximate surface area is 155 Å². The van der Waals surface area contributed by atoms with E-state index in [0.29, 0.717) is 4.47 Å². The lowest BCUT2D eigenvalue weighted by Crippen LogP contribution is -2.32. The Morgan fingerprint density at radius 3 is 2.60 bits per heavy atom. The molecule has 0 heterocycles. The van der Waals surface area contributed by atoms with Crippen LogP contribution < -0.4 is 5.32 Å². The first kappa shape index (κ1) is 19.0. The molecule has 132 valence electrons. The van der Waals surface area contributed by atoms with Crippen molar-refractivity contribution in [1.82, 2.24) is 5.32 Å². The molecule has 0 radical (unpaired) electrons. The van der Waals surface area contributed by atoms with E-state index in [1.807, 2.05) is 37.3 Å². The lowest BCUT2D eigenvalue weighted by Gasteiger charge is -2.18. The number of nitrogens with one attached hydrogen (secondary N) is 1. The molecule has 0 aromatic heterocycles. The highest BCUT2D eigenvalue weighted by Gasteiger charge is 2.17. The zero-order chi connectivity index (χ0) is 18.2. The maximum absolute atomic E-state index is 12.1. The van der Waals surface area contributed by atoms with E-state index in [0.717, 1.165) is 18.4 Å². The number of amides is 1. The molecule has 0 spiro atoms. The van der Waals surface area contributed by atoms with Gasteiger partial charge in [0, 0.05) is 4.47 Å². The SMILES string of the molecule is CCC[C@H](NC(=O)COC(=O)c1cc(Br)ccc1O)c1ccccc1. The van der Waals surface area contributed by atoms with E-state index in [1.165, 1.54) is 12.1 Å². The van der Waals surface area contributed by atoms with Crippen molar-refractivity contribution in [2.75, 3.05) is 6.61 Å². The largest absolute Gasteiger partial charge is 0.507 e. The quantitative estimate of drug-likeness (QED) is 0.683. The van der Waals surface area contributed by atoms with Crippen molar-refractivity contribution >= 4 is 27.8 Å². The molecule has 6 heteroatoms. The number of ether oxygens (including phenoxy) is 1. The van der Waals surface area contributed by atoms with Gasteiger partial charge in [0.2, 0.25) is 0 Å². The Morgan fingerprint density at radius 2 is 1.92 bits per heavy atom. The molecule has 2 rings (SSSR count). The number of benzene rings is 2. The fourth-order valence-electron chi connectivity index (χ4n) is 2.41. The molecule has 0 bridgehead atoms. The molecular weight excluding hydrogens is 386 g/mol. The van der Waals surface area contributed by atoms with Gasteiger partial charge in [0.25, 0.3) is 5.91 Å². The summed E-state index contributed by atoms with van der Waals surface area (Å²) >= 11 is 3.22. The smallest absolute Gasteiger partial charge is 0.342 e. The second-order valence-corrected chi connectivity index (χ2v) is 6.47. The number of carbonyl (C=O) groups excluding carboxylic acids is 2. The van der Waals surface area contributed by atoms with Crippen LogP contribution in [0, 0.1) is 0 Å². The third-order valence-corrected chi connectivity index (χ3v) is 4.12. The predicted molar refractivity (Wildman–Crippen MR) is 98.3 cm³/mol. The van der Waals surface area contributed by atoms with Crippen LogP contribution in [0.3, 0.4) is 0 Å². The number of aromatic hydroxyl groups is 1. The fraction of sp³-hybridized carbons (Fsp3) is 0.263. The first-order chi connectivity index (χ1) is 12.0. The first-order valence-corrected chi connectivity index (χ1v) is 8.80. The molecule has 1 amide bonds. The maximum atomic E-state index is 12.1. The number of phenols is 1. The minimum Gasteiger partial charge on any atom is -0.507 e. The first-order valence-electron chi connectivity index (χ1n) is 8.01. The second kappa shape index (κ2) is 9.22. The van der Waals surface area contributed by atoms with Gasteiger partial charge in [0.1, 0.15) is 11.3 Å². The van der Waals surface area contributed by atoms with Gasteiger partial charge in [-0.15, -0.1) is 0 Å². The summed E-state index contributed by atoms with van der Waals surface area (Å²) in [5, 5.41) is 12.6. The minimum atomic E-state index is -0.749. The monoisotopic (exact) mass is 405 g/mol. The topological polar surface area (TPSA) is 75.6 Å². The molecule has 2 aromatic rings. The third kappa shape index (κ3) is 5.60. The average Bonchev–Trinajstić information content (AvgIpc) is 2.62. The summed E-state index contributed by atoms with van der Waals surface area (Å²) in [6, 6.07) is 14.0. The van der Waals surface area contributed by atoms with Crippen molar-refractivity contribution in [3.63, 3.8) is 0 Å². The third-order valence-electron chi connectivity index (χ3n) is 3.63. The van der Waals surface area contributed by atoms with Crippen LogP contribution in [-0.2, 0) is 9.53 Å². The van der Waals surface area contributed by atoms with Gasteiger partial charge in [-0.05, 0) is 30.2 Å². The van der Waals surface area contributed by atoms with E-state index >= 15 is 0 Å². The summed E-state index contributed by atoms with van der Waals surface area (Å²) in [5.74, 6) is -1.33. The van der Waals surface area contributed by atoms with Crippen LogP contribution in [0.4, 0.5) is 0 Å². The lowest BCUT2D eigenvalue weighted by molar-refractivity contribution is -0.125. The molecule has 2 N–H and O–H groups in total. The van der Waals surface area contributed by atoms with Crippen LogP contribution in [-0.4, -0.2) is 23.6 Å². The molecule has 25 heavy (non-hydrogen) atoms. The van der Waals surface area contributed by atoms with E-state index in [9.17, 15) is 14.7 Å². The van der Waals surface area contributed by atoms with Gasteiger partial charge in [0.15, 0.2) is 6.61 Å². The molecule has 0 aliphatic heterocycles. The number of hydrogen-bond acceptors (Lipinski definition) is 4. The average molecular weight is 406 g/mol. The van der Waals surface area contributed by atoms with Crippen LogP contribution in [0.25, 0.3) is 0 Å². The number of halogens is 1. The molecule has 0 unspecified atom stereocenters. The predicted octanol–water partition coefficient (Wildman–Crippen LogP) is 3.97. The number of rotatable bonds is 7. The molecule has 0 aliphatic rings. The van der Waals surface area contributed by atoms with Crippen molar-refractivity contribution in [3.05, 3.63) is 64.1 Å². The highest BCUT2D eigenvalue weighted by molar-refractivity contribution is 9.10. The zero-order valence-electron chi connectivity index (χ0n) is 13.9. The van der Waals surface area contributed by atoms with Crippen LogP contribution in [0.15, 0.2) is 53.0 Å². The van der Waals surface area contributed by atoms with E-state index in [2.05, 4.69) is 21.2 Å². The Morgan fingerprint density at radius 1 is 1.20 bits per heavy atom. The summed E-state index contributed by atoms with van der Waals surface area (Å²) in [7, 11) is 0. The van der Waals surface area contributed by atoms with E-state index < -0.39 is 12.6 Å². The Balaban J connectivity index is 1.94. The molecule has 0 aliphatic carbocycles. The number of carbonyl (C=O) groups is 2. The minimum absolute atomic E-state index is 0.00958. The summed E-state index contributed by atoms with van der Waals surface area (Å²) < 4.78 is 5.64. The van der Waals surface area contributed by atoms with Gasteiger partial charge in [-0.25, -0.2) is 4.79 Å². The molecule has 0 saturated carbocycles. The molecule has 5 nitrogen and oxygen atoms in total. The summed E-state index contributed by atoms with van der Waals surface area (Å²) in [6.45, 7) is 1.63. The van der Waals surface area contributed by atoms with Crippen molar-refractivity contribution in [2.45, 2.75) is 25.8 Å². The van der Waals surface area contributed by atoms with Crippen LogP contribution in [0.2, 0.25) is 0 Å². The molecule has 0 saturated heterocycles. The number of hydrogen-bond donors (Lipinski definition) is 2. The number of phenolic OH excluding ortho intramolecular Hbond substituents is 1. The maximum Gasteiger partial charge on any atom is 0.342 e. The van der Waals surface area contributed by atoms with Gasteiger partial charge in [0.05, 0.1) is 6.04 Å². The number of esters is 1. The van der Waals surface area contributed by atoms with Crippen LogP contribution in [0.5, 0.6) is 5.75 Å². The van der Waals surface area contributed by atoms with Gasteiger partial charge in [-0.2, -0.15) is 0 Å². The van der Waals surface area contributed by atoms with Crippen molar-refractivity contribution in [3.8, 4) is 5.75 Å². The Hall–Kier alpha value is -2.34. The van der Waals surface area contributed by atoms with Crippen LogP contribution >= 0.6 is 15.9 Å². The van der Waals surface area contributed by atoms with E-state index in [4.69, 9.17) is 4.74 Å². The Kier molecular flexibility index (Phi) is 7.01. The lowest BCUT2D eigenvalue weighted by atomic mass is 10.0. The summed E-state index contributed by atoms with van der Waals surface area (Å²) in [5.41, 5.74) is 1.02. The van der Waals surface area contributed by atoms with Gasteiger partial charge in [-0.1, -0.05) is 59.6 Å². The fourth-order valence-corrected chi connectivity index (χ4v) is 2.77. The summed E-state index contributed by atoms with van der Waals surface area (Å²) in [6.07, 6.45) is 1.70. The second-order valence-electron chi connectivity index (χ2n) is 5.56. The molecule has 2 aromatic carbocycles. The zero-order valence-corrected chi connectivity index (χ0v) is 15.5. The van der Waals surface area contributed by atoms with Gasteiger partial charge >= 0.3 is 5.97 Å².